The molecular weight excluding hydrogens is 293 g/mol. The molecule has 22 heavy (non-hydrogen) atoms. The van der Waals surface area contributed by atoms with Gasteiger partial charge in [0.15, 0.2) is 6.17 Å². The predicted molar refractivity (Wildman–Crippen MR) is 78.0 cm³/mol. The van der Waals surface area contributed by atoms with Crippen LogP contribution in [0.5, 0.6) is 0 Å². The Kier molecular flexibility index (Phi) is 5.78. The lowest BCUT2D eigenvalue weighted by atomic mass is 10.1. The van der Waals surface area contributed by atoms with Gasteiger partial charge in [-0.15, -0.1) is 0 Å². The average Bonchev–Trinajstić information content (AvgIpc) is 2.62. The fourth-order valence-corrected chi connectivity index (χ4v) is 2.31. The van der Waals surface area contributed by atoms with Crippen LogP contribution < -0.4 is 0 Å². The highest BCUT2D eigenvalue weighted by Crippen LogP contribution is 2.31. The lowest BCUT2D eigenvalue weighted by Gasteiger charge is -2.35. The highest BCUT2D eigenvalue weighted by Gasteiger charge is 2.47. The number of rotatable bonds is 4. The van der Waals surface area contributed by atoms with Crippen LogP contribution in [0, 0.1) is 0 Å². The Balaban J connectivity index is 2.81. The number of hydrogen-bond donors (Lipinski definition) is 0. The molecule has 0 bridgehead atoms. The van der Waals surface area contributed by atoms with Crippen molar-refractivity contribution in [3.05, 3.63) is 0 Å². The molecule has 128 valence electrons. The highest BCUT2D eigenvalue weighted by molar-refractivity contribution is 5.75. The Morgan fingerprint density at radius 2 is 2.00 bits per heavy atom. The van der Waals surface area contributed by atoms with Crippen molar-refractivity contribution in [2.75, 3.05) is 13.2 Å². The van der Waals surface area contributed by atoms with Gasteiger partial charge in [-0.05, 0) is 41.5 Å². The molecule has 0 aliphatic carbocycles. The molecule has 1 heterocycles. The number of amides is 1. The van der Waals surface area contributed by atoms with Crippen molar-refractivity contribution in [3.8, 4) is 0 Å². The number of nitrogens with zero attached hydrogens (tertiary/aromatic N) is 1. The monoisotopic (exact) mass is 319 g/mol. The van der Waals surface area contributed by atoms with Crippen molar-refractivity contribution < 1.29 is 28.2 Å². The van der Waals surface area contributed by atoms with Crippen LogP contribution in [0.1, 0.15) is 48.0 Å². The Bertz CT molecular complexity index is 419. The van der Waals surface area contributed by atoms with Crippen LogP contribution in [0.2, 0.25) is 0 Å². The van der Waals surface area contributed by atoms with Crippen LogP contribution >= 0.6 is 0 Å². The van der Waals surface area contributed by atoms with Crippen molar-refractivity contribution >= 4 is 12.1 Å². The molecule has 6 nitrogen and oxygen atoms in total. The summed E-state index contributed by atoms with van der Waals surface area (Å²) in [4.78, 5) is 25.1. The van der Waals surface area contributed by atoms with E-state index >= 15 is 0 Å². The number of alkyl halides is 1. The number of carbonyl (C=O) groups excluding carboxylic acids is 2. The molecule has 0 aromatic heterocycles. The topological polar surface area (TPSA) is 65.1 Å². The minimum Gasteiger partial charge on any atom is -0.464 e. The first-order valence-corrected chi connectivity index (χ1v) is 7.45. The van der Waals surface area contributed by atoms with Gasteiger partial charge < -0.3 is 14.2 Å². The maximum absolute atomic E-state index is 14.0. The molecule has 0 spiro atoms. The van der Waals surface area contributed by atoms with Gasteiger partial charge in [0.05, 0.1) is 19.3 Å². The Morgan fingerprint density at radius 3 is 2.50 bits per heavy atom. The summed E-state index contributed by atoms with van der Waals surface area (Å²) in [7, 11) is 0. The molecule has 0 saturated carbocycles. The smallest absolute Gasteiger partial charge is 0.412 e. The SMILES string of the molecule is CCOC(=O)[C@H](F)C[C@@H]1COC(C)(C)N1C(=O)OC(C)(C)C. The molecule has 2 atom stereocenters. The Labute approximate surface area is 130 Å². The second-order valence-corrected chi connectivity index (χ2v) is 6.72. The van der Waals surface area contributed by atoms with Gasteiger partial charge in [-0.1, -0.05) is 0 Å². The van der Waals surface area contributed by atoms with E-state index in [1.807, 2.05) is 0 Å². The van der Waals surface area contributed by atoms with E-state index in [1.165, 1.54) is 4.90 Å². The fourth-order valence-electron chi connectivity index (χ4n) is 2.31. The normalized spacial score (nSPS) is 22.3. The zero-order valence-corrected chi connectivity index (χ0v) is 14.1. The Morgan fingerprint density at radius 1 is 1.41 bits per heavy atom. The summed E-state index contributed by atoms with van der Waals surface area (Å²) in [5, 5.41) is 0. The van der Waals surface area contributed by atoms with Crippen LogP contribution in [-0.2, 0) is 19.0 Å². The second-order valence-electron chi connectivity index (χ2n) is 6.72. The first-order valence-electron chi connectivity index (χ1n) is 7.45. The van der Waals surface area contributed by atoms with Gasteiger partial charge in [0.1, 0.15) is 11.3 Å². The van der Waals surface area contributed by atoms with E-state index < -0.39 is 35.6 Å². The molecule has 0 aromatic rings. The maximum Gasteiger partial charge on any atom is 0.412 e. The summed E-state index contributed by atoms with van der Waals surface area (Å²) < 4.78 is 29.5. The summed E-state index contributed by atoms with van der Waals surface area (Å²) in [5.74, 6) is -0.920. The van der Waals surface area contributed by atoms with Crippen LogP contribution in [0.25, 0.3) is 0 Å². The largest absolute Gasteiger partial charge is 0.464 e. The maximum atomic E-state index is 14.0. The molecular formula is C15H26FNO5. The van der Waals surface area contributed by atoms with Crippen molar-refractivity contribution in [1.29, 1.82) is 0 Å². The molecule has 1 rings (SSSR count). The van der Waals surface area contributed by atoms with Gasteiger partial charge in [-0.2, -0.15) is 0 Å². The lowest BCUT2D eigenvalue weighted by molar-refractivity contribution is -0.149. The first kappa shape index (κ1) is 18.7. The first-order chi connectivity index (χ1) is 9.98. The lowest BCUT2D eigenvalue weighted by Crippen LogP contribution is -2.50. The third-order valence-electron chi connectivity index (χ3n) is 3.19. The van der Waals surface area contributed by atoms with Gasteiger partial charge in [-0.25, -0.2) is 14.0 Å². The summed E-state index contributed by atoms with van der Waals surface area (Å²) >= 11 is 0. The molecule has 1 aliphatic rings. The number of esters is 1. The van der Waals surface area contributed by atoms with Gasteiger partial charge in [0, 0.05) is 6.42 Å². The number of hydrogen-bond acceptors (Lipinski definition) is 5. The van der Waals surface area contributed by atoms with Crippen LogP contribution in [0.4, 0.5) is 9.18 Å². The van der Waals surface area contributed by atoms with E-state index in [0.717, 1.165) is 0 Å². The van der Waals surface area contributed by atoms with Crippen molar-refractivity contribution in [2.45, 2.75) is 71.5 Å². The molecule has 1 amide bonds. The molecule has 1 aliphatic heterocycles. The van der Waals surface area contributed by atoms with Crippen molar-refractivity contribution in [1.82, 2.24) is 4.90 Å². The summed E-state index contributed by atoms with van der Waals surface area (Å²) in [6.07, 6.45) is -2.56. The number of carbonyl (C=O) groups is 2. The zero-order valence-electron chi connectivity index (χ0n) is 14.1. The minimum atomic E-state index is -1.80. The minimum absolute atomic E-state index is 0.113. The van der Waals surface area contributed by atoms with Gasteiger partial charge in [-0.3, -0.25) is 4.90 Å². The third-order valence-corrected chi connectivity index (χ3v) is 3.19. The molecule has 0 unspecified atom stereocenters. The molecule has 1 saturated heterocycles. The van der Waals surface area contributed by atoms with Crippen LogP contribution in [-0.4, -0.2) is 53.7 Å². The summed E-state index contributed by atoms with van der Waals surface area (Å²) in [6.45, 7) is 10.5. The standard InChI is InChI=1S/C15H26FNO5/c1-7-20-12(18)11(16)8-10-9-21-15(5,6)17(10)13(19)22-14(2,3)4/h10-11H,7-9H2,1-6H3/t10-,11-/m1/s1. The number of ether oxygens (including phenoxy) is 3. The van der Waals surface area contributed by atoms with E-state index in [4.69, 9.17) is 9.47 Å². The summed E-state index contributed by atoms with van der Waals surface area (Å²) in [5.41, 5.74) is -1.59. The van der Waals surface area contributed by atoms with Crippen molar-refractivity contribution in [3.63, 3.8) is 0 Å². The predicted octanol–water partition coefficient (Wildman–Crippen LogP) is 2.65. The van der Waals surface area contributed by atoms with E-state index in [-0.39, 0.29) is 19.6 Å². The summed E-state index contributed by atoms with van der Waals surface area (Å²) in [6, 6.07) is -0.579. The van der Waals surface area contributed by atoms with Crippen molar-refractivity contribution in [2.24, 2.45) is 0 Å². The van der Waals surface area contributed by atoms with Gasteiger partial charge >= 0.3 is 12.1 Å². The third kappa shape index (κ3) is 4.83. The fraction of sp³-hybridized carbons (Fsp3) is 0.867. The molecule has 0 N–H and O–H groups in total. The average molecular weight is 319 g/mol. The number of halogens is 1. The molecule has 0 radical (unpaired) electrons. The van der Waals surface area contributed by atoms with Gasteiger partial charge in [0.25, 0.3) is 0 Å². The van der Waals surface area contributed by atoms with E-state index in [2.05, 4.69) is 4.74 Å². The second kappa shape index (κ2) is 6.81. The quantitative estimate of drug-likeness (QED) is 0.745. The van der Waals surface area contributed by atoms with E-state index in [0.29, 0.717) is 0 Å². The van der Waals surface area contributed by atoms with E-state index in [1.54, 1.807) is 41.5 Å². The Hall–Kier alpha value is -1.37. The molecule has 7 heteroatoms. The molecule has 1 fully saturated rings. The highest BCUT2D eigenvalue weighted by atomic mass is 19.1. The van der Waals surface area contributed by atoms with E-state index in [9.17, 15) is 14.0 Å². The zero-order chi connectivity index (χ0) is 17.1. The van der Waals surface area contributed by atoms with Crippen LogP contribution in [0.3, 0.4) is 0 Å². The van der Waals surface area contributed by atoms with Gasteiger partial charge in [0.2, 0.25) is 0 Å². The molecule has 0 aromatic carbocycles. The van der Waals surface area contributed by atoms with Crippen LogP contribution in [0.15, 0.2) is 0 Å².